The average Bonchev–Trinajstić information content (AvgIpc) is 2.82. The zero-order chi connectivity index (χ0) is 11.4. The lowest BCUT2D eigenvalue weighted by molar-refractivity contribution is 0.427. The van der Waals surface area contributed by atoms with E-state index in [1.807, 2.05) is 37.5 Å². The van der Waals surface area contributed by atoms with E-state index in [4.69, 9.17) is 4.42 Å². The van der Waals surface area contributed by atoms with E-state index in [1.54, 1.807) is 6.26 Å². The molecule has 0 radical (unpaired) electrons. The quantitative estimate of drug-likeness (QED) is 0.936. The predicted molar refractivity (Wildman–Crippen MR) is 66.1 cm³/mol. The van der Waals surface area contributed by atoms with Crippen LogP contribution < -0.4 is 5.32 Å². The molecule has 2 aromatic rings. The molecule has 0 saturated carbocycles. The topological polar surface area (TPSA) is 38.1 Å². The van der Waals surface area contributed by atoms with Gasteiger partial charge in [-0.1, -0.05) is 0 Å². The monoisotopic (exact) mass is 280 g/mol. The second-order valence-electron chi connectivity index (χ2n) is 3.53. The maximum atomic E-state index is 5.38. The Morgan fingerprint density at radius 2 is 2.31 bits per heavy atom. The Labute approximate surface area is 103 Å². The smallest absolute Gasteiger partial charge is 0.121 e. The van der Waals surface area contributed by atoms with Crippen molar-refractivity contribution in [2.45, 2.75) is 12.5 Å². The summed E-state index contributed by atoms with van der Waals surface area (Å²) < 4.78 is 6.38. The number of hydrogen-bond acceptors (Lipinski definition) is 3. The van der Waals surface area contributed by atoms with Gasteiger partial charge in [-0.2, -0.15) is 0 Å². The van der Waals surface area contributed by atoms with Gasteiger partial charge in [0.2, 0.25) is 0 Å². The van der Waals surface area contributed by atoms with E-state index < -0.39 is 0 Å². The number of rotatable bonds is 4. The van der Waals surface area contributed by atoms with Gasteiger partial charge in [0.15, 0.2) is 0 Å². The van der Waals surface area contributed by atoms with Gasteiger partial charge in [-0.3, -0.25) is 4.98 Å². The molecule has 16 heavy (non-hydrogen) atoms. The van der Waals surface area contributed by atoms with Gasteiger partial charge >= 0.3 is 0 Å². The molecule has 2 aromatic heterocycles. The third kappa shape index (κ3) is 2.71. The lowest BCUT2D eigenvalue weighted by Crippen LogP contribution is -2.18. The zero-order valence-electron chi connectivity index (χ0n) is 8.98. The molecule has 1 unspecified atom stereocenters. The molecule has 4 heteroatoms. The molecular weight excluding hydrogens is 268 g/mol. The Morgan fingerprint density at radius 1 is 1.44 bits per heavy atom. The molecule has 1 N–H and O–H groups in total. The van der Waals surface area contributed by atoms with Crippen LogP contribution in [0.2, 0.25) is 0 Å². The number of halogens is 1. The molecule has 84 valence electrons. The van der Waals surface area contributed by atoms with Crippen molar-refractivity contribution in [3.63, 3.8) is 0 Å². The summed E-state index contributed by atoms with van der Waals surface area (Å²) in [6.07, 6.45) is 4.32. The minimum absolute atomic E-state index is 0.170. The predicted octanol–water partition coefficient (Wildman–Crippen LogP) is 2.94. The van der Waals surface area contributed by atoms with Crippen LogP contribution in [-0.2, 0) is 6.42 Å². The van der Waals surface area contributed by atoms with Gasteiger partial charge in [0, 0.05) is 22.8 Å². The van der Waals surface area contributed by atoms with E-state index in [2.05, 4.69) is 26.2 Å². The minimum atomic E-state index is 0.170. The number of pyridine rings is 1. The average molecular weight is 281 g/mol. The van der Waals surface area contributed by atoms with Crippen molar-refractivity contribution in [3.8, 4) is 0 Å². The summed E-state index contributed by atoms with van der Waals surface area (Å²) in [7, 11) is 1.92. The molecule has 0 amide bonds. The maximum absolute atomic E-state index is 5.38. The van der Waals surface area contributed by atoms with E-state index in [9.17, 15) is 0 Å². The highest BCUT2D eigenvalue weighted by Gasteiger charge is 2.13. The molecular formula is C12H13BrN2O. The Hall–Kier alpha value is -1.13. The van der Waals surface area contributed by atoms with Gasteiger partial charge in [-0.05, 0) is 47.2 Å². The van der Waals surface area contributed by atoms with Crippen LogP contribution in [0.4, 0.5) is 0 Å². The highest BCUT2D eigenvalue weighted by Crippen LogP contribution is 2.18. The molecule has 0 aliphatic carbocycles. The van der Waals surface area contributed by atoms with Crippen molar-refractivity contribution in [3.05, 3.63) is 52.7 Å². The zero-order valence-corrected chi connectivity index (χ0v) is 10.6. The van der Waals surface area contributed by atoms with E-state index >= 15 is 0 Å². The Kier molecular flexibility index (Phi) is 3.74. The van der Waals surface area contributed by atoms with Crippen LogP contribution in [0.3, 0.4) is 0 Å². The van der Waals surface area contributed by atoms with Crippen LogP contribution in [0.5, 0.6) is 0 Å². The molecule has 0 aliphatic rings. The van der Waals surface area contributed by atoms with Crippen LogP contribution in [0.25, 0.3) is 0 Å². The minimum Gasteiger partial charge on any atom is -0.468 e. The van der Waals surface area contributed by atoms with Gasteiger partial charge < -0.3 is 9.73 Å². The standard InChI is InChI=1S/C12H13BrN2O/c1-14-11(12-3-2-6-16-12)7-10-5-4-9(13)8-15-10/h2-6,8,11,14H,7H2,1H3. The normalized spacial score (nSPS) is 12.6. The fourth-order valence-electron chi connectivity index (χ4n) is 1.57. The molecule has 0 fully saturated rings. The third-order valence-electron chi connectivity index (χ3n) is 2.44. The second-order valence-corrected chi connectivity index (χ2v) is 4.44. The molecule has 0 aliphatic heterocycles. The summed E-state index contributed by atoms with van der Waals surface area (Å²) in [6, 6.07) is 8.05. The van der Waals surface area contributed by atoms with E-state index in [1.165, 1.54) is 0 Å². The van der Waals surface area contributed by atoms with Crippen molar-refractivity contribution in [1.29, 1.82) is 0 Å². The summed E-state index contributed by atoms with van der Waals surface area (Å²) in [5.74, 6) is 0.937. The van der Waals surface area contributed by atoms with E-state index in [0.29, 0.717) is 0 Å². The molecule has 3 nitrogen and oxygen atoms in total. The summed E-state index contributed by atoms with van der Waals surface area (Å²) in [4.78, 5) is 4.35. The van der Waals surface area contributed by atoms with E-state index in [-0.39, 0.29) is 6.04 Å². The van der Waals surface area contributed by atoms with Gasteiger partial charge in [-0.25, -0.2) is 0 Å². The molecule has 0 spiro atoms. The molecule has 0 saturated heterocycles. The molecule has 2 heterocycles. The number of nitrogens with one attached hydrogen (secondary N) is 1. The number of nitrogens with zero attached hydrogens (tertiary/aromatic N) is 1. The fourth-order valence-corrected chi connectivity index (χ4v) is 1.81. The van der Waals surface area contributed by atoms with Crippen molar-refractivity contribution in [2.24, 2.45) is 0 Å². The first-order valence-corrected chi connectivity index (χ1v) is 5.90. The lowest BCUT2D eigenvalue weighted by Gasteiger charge is -2.12. The van der Waals surface area contributed by atoms with Gasteiger partial charge in [0.25, 0.3) is 0 Å². The molecule has 1 atom stereocenters. The number of furan rings is 1. The number of hydrogen-bond donors (Lipinski definition) is 1. The highest BCUT2D eigenvalue weighted by molar-refractivity contribution is 9.10. The van der Waals surface area contributed by atoms with Gasteiger partial charge in [-0.15, -0.1) is 0 Å². The Balaban J connectivity index is 2.10. The van der Waals surface area contributed by atoms with Crippen LogP contribution in [0.15, 0.2) is 45.6 Å². The van der Waals surface area contributed by atoms with Crippen LogP contribution >= 0.6 is 15.9 Å². The largest absolute Gasteiger partial charge is 0.468 e. The third-order valence-corrected chi connectivity index (χ3v) is 2.91. The summed E-state index contributed by atoms with van der Waals surface area (Å²) in [5, 5.41) is 3.22. The van der Waals surface area contributed by atoms with Crippen molar-refractivity contribution >= 4 is 15.9 Å². The molecule has 0 bridgehead atoms. The van der Waals surface area contributed by atoms with Gasteiger partial charge in [0.1, 0.15) is 5.76 Å². The highest BCUT2D eigenvalue weighted by atomic mass is 79.9. The summed E-state index contributed by atoms with van der Waals surface area (Å²) >= 11 is 3.37. The maximum Gasteiger partial charge on any atom is 0.121 e. The van der Waals surface area contributed by atoms with Crippen molar-refractivity contribution in [1.82, 2.24) is 10.3 Å². The van der Waals surface area contributed by atoms with Gasteiger partial charge in [0.05, 0.1) is 12.3 Å². The Bertz CT molecular complexity index is 425. The summed E-state index contributed by atoms with van der Waals surface area (Å²) in [5.41, 5.74) is 1.04. The number of likely N-dealkylation sites (N-methyl/N-ethyl adjacent to an activating group) is 1. The molecule has 0 aromatic carbocycles. The van der Waals surface area contributed by atoms with Crippen LogP contribution in [-0.4, -0.2) is 12.0 Å². The van der Waals surface area contributed by atoms with Crippen molar-refractivity contribution < 1.29 is 4.42 Å². The van der Waals surface area contributed by atoms with E-state index in [0.717, 1.165) is 22.3 Å². The SMILES string of the molecule is CNC(Cc1ccc(Br)cn1)c1ccco1. The second kappa shape index (κ2) is 5.27. The van der Waals surface area contributed by atoms with Crippen molar-refractivity contribution in [2.75, 3.05) is 7.05 Å². The lowest BCUT2D eigenvalue weighted by atomic mass is 10.1. The first-order valence-electron chi connectivity index (χ1n) is 5.10. The number of aromatic nitrogens is 1. The molecule has 2 rings (SSSR count). The first-order chi connectivity index (χ1) is 7.79. The fraction of sp³-hybridized carbons (Fsp3) is 0.250. The summed E-state index contributed by atoms with van der Waals surface area (Å²) in [6.45, 7) is 0. The van der Waals surface area contributed by atoms with Crippen LogP contribution in [0, 0.1) is 0 Å². The first kappa shape index (κ1) is 11.4. The van der Waals surface area contributed by atoms with Crippen LogP contribution in [0.1, 0.15) is 17.5 Å². The Morgan fingerprint density at radius 3 is 2.88 bits per heavy atom.